The smallest absolute Gasteiger partial charge is 0.303 e. The molecule has 0 saturated heterocycles. The molecule has 0 amide bonds. The van der Waals surface area contributed by atoms with Gasteiger partial charge in [0.05, 0.1) is 0 Å². The maximum atomic E-state index is 13.1. The van der Waals surface area contributed by atoms with E-state index < -0.39 is 5.97 Å². The topological polar surface area (TPSA) is 37.3 Å². The number of allylic oxidation sites excluding steroid dienone is 4. The maximum absolute atomic E-state index is 13.1. The van der Waals surface area contributed by atoms with Gasteiger partial charge in [0.2, 0.25) is 0 Å². The molecule has 13 heavy (non-hydrogen) atoms. The first-order valence-corrected chi connectivity index (χ1v) is 4.46. The van der Waals surface area contributed by atoms with Crippen molar-refractivity contribution in [3.63, 3.8) is 0 Å². The van der Waals surface area contributed by atoms with Gasteiger partial charge in [0.1, 0.15) is 5.83 Å². The van der Waals surface area contributed by atoms with Crippen molar-refractivity contribution in [1.82, 2.24) is 0 Å². The van der Waals surface area contributed by atoms with Crippen molar-refractivity contribution >= 4 is 5.97 Å². The highest BCUT2D eigenvalue weighted by Gasteiger charge is 2.07. The van der Waals surface area contributed by atoms with Crippen LogP contribution in [0.5, 0.6) is 0 Å². The summed E-state index contributed by atoms with van der Waals surface area (Å²) in [6.45, 7) is 0. The van der Waals surface area contributed by atoms with E-state index in [4.69, 9.17) is 5.11 Å². The highest BCUT2D eigenvalue weighted by atomic mass is 19.1. The summed E-state index contributed by atoms with van der Waals surface area (Å²) in [5.41, 5.74) is 0.674. The zero-order valence-electron chi connectivity index (χ0n) is 7.42. The molecular formula is C10H13FO2. The fraction of sp³-hybridized carbons (Fsp3) is 0.500. The minimum atomic E-state index is -0.819. The molecular weight excluding hydrogens is 171 g/mol. The van der Waals surface area contributed by atoms with Gasteiger partial charge in [-0.15, -0.1) is 0 Å². The van der Waals surface area contributed by atoms with Crippen LogP contribution in [0, 0.1) is 0 Å². The van der Waals surface area contributed by atoms with Crippen LogP contribution in [0.15, 0.2) is 23.6 Å². The minimum absolute atomic E-state index is 0.0760. The van der Waals surface area contributed by atoms with Gasteiger partial charge in [0, 0.05) is 12.8 Å². The lowest BCUT2D eigenvalue weighted by Gasteiger charge is -2.08. The van der Waals surface area contributed by atoms with Crippen molar-refractivity contribution in [2.45, 2.75) is 32.1 Å². The van der Waals surface area contributed by atoms with Gasteiger partial charge in [-0.1, -0.05) is 12.2 Å². The molecule has 0 radical (unpaired) electrons. The lowest BCUT2D eigenvalue weighted by Crippen LogP contribution is -1.96. The van der Waals surface area contributed by atoms with E-state index in [0.29, 0.717) is 24.8 Å². The van der Waals surface area contributed by atoms with E-state index in [-0.39, 0.29) is 12.2 Å². The molecule has 2 nitrogen and oxygen atoms in total. The van der Waals surface area contributed by atoms with Crippen LogP contribution in [0.25, 0.3) is 0 Å². The average molecular weight is 184 g/mol. The second-order valence-electron chi connectivity index (χ2n) is 3.12. The van der Waals surface area contributed by atoms with Crippen molar-refractivity contribution in [2.24, 2.45) is 0 Å². The van der Waals surface area contributed by atoms with Gasteiger partial charge in [-0.2, -0.15) is 0 Å². The maximum Gasteiger partial charge on any atom is 0.303 e. The van der Waals surface area contributed by atoms with Crippen molar-refractivity contribution < 1.29 is 14.3 Å². The zero-order valence-corrected chi connectivity index (χ0v) is 7.42. The monoisotopic (exact) mass is 184 g/mol. The molecule has 0 heterocycles. The molecule has 0 atom stereocenters. The molecule has 1 N–H and O–H groups in total. The minimum Gasteiger partial charge on any atom is -0.481 e. The van der Waals surface area contributed by atoms with Crippen LogP contribution in [0.1, 0.15) is 32.1 Å². The van der Waals surface area contributed by atoms with Crippen LogP contribution < -0.4 is 0 Å². The highest BCUT2D eigenvalue weighted by molar-refractivity contribution is 5.66. The molecule has 1 aliphatic rings. The second kappa shape index (κ2) is 4.80. The Balaban J connectivity index is 2.35. The normalized spacial score (nSPS) is 16.4. The standard InChI is InChI=1S/C10H13FO2/c11-9-6-2-1-4-8(9)5-3-7-10(12)13/h1,4H,2-3,5-7H2,(H,12,13). The number of aliphatic carboxylic acids is 1. The third-order valence-corrected chi connectivity index (χ3v) is 2.03. The largest absolute Gasteiger partial charge is 0.481 e. The summed E-state index contributed by atoms with van der Waals surface area (Å²) >= 11 is 0. The van der Waals surface area contributed by atoms with Crippen molar-refractivity contribution in [1.29, 1.82) is 0 Å². The first kappa shape index (κ1) is 9.96. The van der Waals surface area contributed by atoms with E-state index in [9.17, 15) is 9.18 Å². The summed E-state index contributed by atoms with van der Waals surface area (Å²) in [7, 11) is 0. The van der Waals surface area contributed by atoms with E-state index in [1.54, 1.807) is 6.08 Å². The number of hydrogen-bond acceptors (Lipinski definition) is 1. The number of hydrogen-bond donors (Lipinski definition) is 1. The molecule has 0 fully saturated rings. The summed E-state index contributed by atoms with van der Waals surface area (Å²) in [6.07, 6.45) is 6.09. The predicted molar refractivity (Wildman–Crippen MR) is 48.0 cm³/mol. The number of halogens is 1. The Labute approximate surface area is 76.8 Å². The van der Waals surface area contributed by atoms with E-state index >= 15 is 0 Å². The fourth-order valence-electron chi connectivity index (χ4n) is 1.34. The molecule has 0 aromatic carbocycles. The van der Waals surface area contributed by atoms with Gasteiger partial charge >= 0.3 is 5.97 Å². The Hall–Kier alpha value is -1.12. The number of rotatable bonds is 4. The Kier molecular flexibility index (Phi) is 3.68. The molecule has 1 rings (SSSR count). The summed E-state index contributed by atoms with van der Waals surface area (Å²) < 4.78 is 13.1. The number of carbonyl (C=O) groups is 1. The van der Waals surface area contributed by atoms with Crippen molar-refractivity contribution in [2.75, 3.05) is 0 Å². The third kappa shape index (κ3) is 3.40. The van der Waals surface area contributed by atoms with E-state index in [2.05, 4.69) is 0 Å². The molecule has 0 spiro atoms. The summed E-state index contributed by atoms with van der Waals surface area (Å²) in [5.74, 6) is -0.895. The van der Waals surface area contributed by atoms with Crippen LogP contribution >= 0.6 is 0 Å². The number of carboxylic acids is 1. The van der Waals surface area contributed by atoms with Crippen LogP contribution in [0.2, 0.25) is 0 Å². The molecule has 0 unspecified atom stereocenters. The van der Waals surface area contributed by atoms with E-state index in [0.717, 1.165) is 6.42 Å². The van der Waals surface area contributed by atoms with Crippen LogP contribution in [-0.4, -0.2) is 11.1 Å². The van der Waals surface area contributed by atoms with Gasteiger partial charge in [-0.3, -0.25) is 4.79 Å². The second-order valence-corrected chi connectivity index (χ2v) is 3.12. The van der Waals surface area contributed by atoms with Crippen molar-refractivity contribution in [3.05, 3.63) is 23.6 Å². The Morgan fingerprint density at radius 1 is 1.62 bits per heavy atom. The van der Waals surface area contributed by atoms with Crippen LogP contribution in [0.3, 0.4) is 0 Å². The average Bonchev–Trinajstić information content (AvgIpc) is 2.08. The Morgan fingerprint density at radius 2 is 2.38 bits per heavy atom. The lowest BCUT2D eigenvalue weighted by atomic mass is 10.0. The van der Waals surface area contributed by atoms with E-state index in [1.807, 2.05) is 6.08 Å². The fourth-order valence-corrected chi connectivity index (χ4v) is 1.34. The van der Waals surface area contributed by atoms with Gasteiger partial charge in [0.25, 0.3) is 0 Å². The zero-order chi connectivity index (χ0) is 9.68. The van der Waals surface area contributed by atoms with Crippen LogP contribution in [-0.2, 0) is 4.79 Å². The highest BCUT2D eigenvalue weighted by Crippen LogP contribution is 2.23. The number of carboxylic acid groups (broad SMARTS) is 1. The summed E-state index contributed by atoms with van der Waals surface area (Å²) in [4.78, 5) is 10.2. The molecule has 0 saturated carbocycles. The van der Waals surface area contributed by atoms with E-state index in [1.165, 1.54) is 0 Å². The first-order chi connectivity index (χ1) is 6.20. The SMILES string of the molecule is O=C(O)CCCC1=C(F)CCC=C1. The lowest BCUT2D eigenvalue weighted by molar-refractivity contribution is -0.137. The molecule has 0 bridgehead atoms. The van der Waals surface area contributed by atoms with Crippen molar-refractivity contribution in [3.8, 4) is 0 Å². The molecule has 0 aromatic rings. The first-order valence-electron chi connectivity index (χ1n) is 4.46. The van der Waals surface area contributed by atoms with Gasteiger partial charge in [-0.05, 0) is 24.8 Å². The van der Waals surface area contributed by atoms with Gasteiger partial charge < -0.3 is 5.11 Å². The summed E-state index contributed by atoms with van der Waals surface area (Å²) in [5, 5.41) is 8.38. The predicted octanol–water partition coefficient (Wildman–Crippen LogP) is 2.81. The van der Waals surface area contributed by atoms with Crippen LogP contribution in [0.4, 0.5) is 4.39 Å². The summed E-state index contributed by atoms with van der Waals surface area (Å²) in [6, 6.07) is 0. The molecule has 0 aromatic heterocycles. The molecule has 0 aliphatic heterocycles. The third-order valence-electron chi connectivity index (χ3n) is 2.03. The molecule has 1 aliphatic carbocycles. The molecule has 72 valence electrons. The quantitative estimate of drug-likeness (QED) is 0.729. The Morgan fingerprint density at radius 3 is 3.00 bits per heavy atom. The molecule has 3 heteroatoms. The van der Waals surface area contributed by atoms with Gasteiger partial charge in [0.15, 0.2) is 0 Å². The Bertz CT molecular complexity index is 254. The van der Waals surface area contributed by atoms with Gasteiger partial charge in [-0.25, -0.2) is 4.39 Å².